The number of thiophene rings is 1. The van der Waals surface area contributed by atoms with Gasteiger partial charge in [0, 0.05) is 30.8 Å². The van der Waals surface area contributed by atoms with Crippen LogP contribution in [0.3, 0.4) is 0 Å². The highest BCUT2D eigenvalue weighted by Gasteiger charge is 2.28. The first kappa shape index (κ1) is 12.8. The monoisotopic (exact) mass is 276 g/mol. The van der Waals surface area contributed by atoms with Crippen LogP contribution in [-0.4, -0.2) is 38.5 Å². The Kier molecular flexibility index (Phi) is 3.72. The molecule has 1 saturated heterocycles. The van der Waals surface area contributed by atoms with Crippen molar-refractivity contribution in [2.24, 2.45) is 0 Å². The van der Waals surface area contributed by atoms with Crippen molar-refractivity contribution < 1.29 is 13.2 Å². The van der Waals surface area contributed by atoms with Crippen molar-refractivity contribution in [1.29, 1.82) is 0 Å². The molecule has 0 bridgehead atoms. The van der Waals surface area contributed by atoms with Crippen molar-refractivity contribution in [2.45, 2.75) is 23.7 Å². The van der Waals surface area contributed by atoms with Crippen LogP contribution in [0, 0.1) is 0 Å². The Balaban J connectivity index is 2.25. The molecule has 1 atom stereocenters. The first-order valence-electron chi connectivity index (χ1n) is 5.46. The maximum Gasteiger partial charge on any atom is 0.252 e. The highest BCUT2D eigenvalue weighted by Crippen LogP contribution is 2.26. The molecule has 1 fully saturated rings. The summed E-state index contributed by atoms with van der Waals surface area (Å²) in [6, 6.07) is 1.51. The molecular weight excluding hydrogens is 260 g/mol. The quantitative estimate of drug-likeness (QED) is 0.879. The predicted octanol–water partition coefficient (Wildman–Crippen LogP) is 1.13. The highest BCUT2D eigenvalue weighted by atomic mass is 32.2. The molecule has 0 amide bonds. The molecule has 7 heteroatoms. The zero-order valence-corrected chi connectivity index (χ0v) is 11.3. The van der Waals surface area contributed by atoms with E-state index in [1.54, 1.807) is 5.38 Å². The predicted molar refractivity (Wildman–Crippen MR) is 67.5 cm³/mol. The van der Waals surface area contributed by atoms with E-state index in [2.05, 4.69) is 0 Å². The third-order valence-electron chi connectivity index (χ3n) is 2.60. The third-order valence-corrected chi connectivity index (χ3v) is 5.90. The smallest absolute Gasteiger partial charge is 0.252 e. The minimum absolute atomic E-state index is 0.0652. The minimum Gasteiger partial charge on any atom is -0.398 e. The van der Waals surface area contributed by atoms with Crippen LogP contribution in [0.25, 0.3) is 0 Å². The number of hydrogen-bond acceptors (Lipinski definition) is 5. The van der Waals surface area contributed by atoms with Crippen LogP contribution in [0.1, 0.15) is 13.3 Å². The average Bonchev–Trinajstić information content (AvgIpc) is 2.57. The molecule has 1 aromatic heterocycles. The lowest BCUT2D eigenvalue weighted by atomic mass is 10.4. The first-order valence-corrected chi connectivity index (χ1v) is 7.78. The number of sulfonamides is 1. The van der Waals surface area contributed by atoms with E-state index in [9.17, 15) is 8.42 Å². The Morgan fingerprint density at radius 2 is 2.35 bits per heavy atom. The topological polar surface area (TPSA) is 72.6 Å². The molecule has 0 radical (unpaired) electrons. The van der Waals surface area contributed by atoms with Gasteiger partial charge in [-0.2, -0.15) is 4.31 Å². The van der Waals surface area contributed by atoms with Gasteiger partial charge in [-0.15, -0.1) is 11.3 Å². The molecule has 5 nitrogen and oxygen atoms in total. The molecular formula is C10H16N2O3S2. The summed E-state index contributed by atoms with van der Waals surface area (Å²) < 4.78 is 31.9. The number of nitrogens with zero attached hydrogens (tertiary/aromatic N) is 1. The van der Waals surface area contributed by atoms with Gasteiger partial charge in [0.05, 0.1) is 6.10 Å². The molecule has 0 saturated carbocycles. The van der Waals surface area contributed by atoms with E-state index in [4.69, 9.17) is 10.5 Å². The molecule has 2 N–H and O–H groups in total. The fourth-order valence-electron chi connectivity index (χ4n) is 1.77. The molecule has 1 aromatic rings. The molecule has 96 valence electrons. The van der Waals surface area contributed by atoms with E-state index < -0.39 is 10.0 Å². The van der Waals surface area contributed by atoms with Gasteiger partial charge in [-0.1, -0.05) is 0 Å². The SMILES string of the molecule is CC1CN(S(=O)(=O)c2cc(N)cs2)CCCO1. The molecule has 1 aliphatic rings. The first-order chi connectivity index (χ1) is 8.00. The van der Waals surface area contributed by atoms with Gasteiger partial charge < -0.3 is 10.5 Å². The lowest BCUT2D eigenvalue weighted by Gasteiger charge is -2.20. The second-order valence-electron chi connectivity index (χ2n) is 4.10. The second-order valence-corrected chi connectivity index (χ2v) is 7.17. The van der Waals surface area contributed by atoms with E-state index in [1.165, 1.54) is 10.4 Å². The lowest BCUT2D eigenvalue weighted by Crippen LogP contribution is -2.35. The van der Waals surface area contributed by atoms with E-state index in [0.717, 1.165) is 17.8 Å². The summed E-state index contributed by atoms with van der Waals surface area (Å²) in [5, 5.41) is 1.64. The number of anilines is 1. The maximum absolute atomic E-state index is 12.3. The normalized spacial score (nSPS) is 23.5. The van der Waals surface area contributed by atoms with Gasteiger partial charge in [0.25, 0.3) is 10.0 Å². The van der Waals surface area contributed by atoms with Crippen LogP contribution in [-0.2, 0) is 14.8 Å². The Morgan fingerprint density at radius 3 is 3.00 bits per heavy atom. The fourth-order valence-corrected chi connectivity index (χ4v) is 4.55. The Labute approximate surface area is 105 Å². The standard InChI is InChI=1S/C10H16N2O3S2/c1-8-6-12(3-2-4-15-8)17(13,14)10-5-9(11)7-16-10/h5,7-8H,2-4,6,11H2,1H3. The summed E-state index contributed by atoms with van der Waals surface area (Å²) in [6.45, 7) is 3.40. The largest absolute Gasteiger partial charge is 0.398 e. The van der Waals surface area contributed by atoms with Crippen LogP contribution in [0.2, 0.25) is 0 Å². The summed E-state index contributed by atoms with van der Waals surface area (Å²) >= 11 is 1.16. The number of nitrogen functional groups attached to an aromatic ring is 1. The summed E-state index contributed by atoms with van der Waals surface area (Å²) in [5.74, 6) is 0. The number of rotatable bonds is 2. The zero-order valence-electron chi connectivity index (χ0n) is 9.63. The highest BCUT2D eigenvalue weighted by molar-refractivity contribution is 7.91. The van der Waals surface area contributed by atoms with Gasteiger partial charge in [-0.05, 0) is 19.4 Å². The van der Waals surface area contributed by atoms with E-state index >= 15 is 0 Å². The number of hydrogen-bond donors (Lipinski definition) is 1. The van der Waals surface area contributed by atoms with Crippen LogP contribution in [0.5, 0.6) is 0 Å². The molecule has 2 rings (SSSR count). The molecule has 1 unspecified atom stereocenters. The third kappa shape index (κ3) is 2.79. The van der Waals surface area contributed by atoms with Gasteiger partial charge in [-0.3, -0.25) is 0 Å². The molecule has 0 aliphatic carbocycles. The van der Waals surface area contributed by atoms with Crippen molar-refractivity contribution in [2.75, 3.05) is 25.4 Å². The number of nitrogens with two attached hydrogens (primary N) is 1. The van der Waals surface area contributed by atoms with Crippen LogP contribution < -0.4 is 5.73 Å². The second kappa shape index (κ2) is 4.93. The molecule has 1 aliphatic heterocycles. The van der Waals surface area contributed by atoms with E-state index in [-0.39, 0.29) is 6.10 Å². The van der Waals surface area contributed by atoms with Crippen molar-refractivity contribution in [3.8, 4) is 0 Å². The summed E-state index contributed by atoms with van der Waals surface area (Å²) in [6.07, 6.45) is 0.661. The van der Waals surface area contributed by atoms with Crippen LogP contribution in [0.15, 0.2) is 15.7 Å². The van der Waals surface area contributed by atoms with Gasteiger partial charge >= 0.3 is 0 Å². The fraction of sp³-hybridized carbons (Fsp3) is 0.600. The van der Waals surface area contributed by atoms with Gasteiger partial charge in [0.1, 0.15) is 4.21 Å². The van der Waals surface area contributed by atoms with Gasteiger partial charge in [0.2, 0.25) is 0 Å². The van der Waals surface area contributed by atoms with Crippen molar-refractivity contribution in [3.63, 3.8) is 0 Å². The molecule has 2 heterocycles. The number of ether oxygens (including phenoxy) is 1. The van der Waals surface area contributed by atoms with E-state index in [1.807, 2.05) is 6.92 Å². The minimum atomic E-state index is -3.41. The van der Waals surface area contributed by atoms with Crippen molar-refractivity contribution in [3.05, 3.63) is 11.4 Å². The average molecular weight is 276 g/mol. The Bertz CT molecular complexity index is 483. The Hall–Kier alpha value is -0.630. The molecule has 17 heavy (non-hydrogen) atoms. The molecule has 0 aromatic carbocycles. The van der Waals surface area contributed by atoms with Gasteiger partial charge in [0.15, 0.2) is 0 Å². The molecule has 0 spiro atoms. The van der Waals surface area contributed by atoms with E-state index in [0.29, 0.717) is 29.6 Å². The van der Waals surface area contributed by atoms with Gasteiger partial charge in [-0.25, -0.2) is 8.42 Å². The van der Waals surface area contributed by atoms with Crippen LogP contribution in [0.4, 0.5) is 5.69 Å². The zero-order chi connectivity index (χ0) is 12.5. The Morgan fingerprint density at radius 1 is 1.59 bits per heavy atom. The summed E-state index contributed by atoms with van der Waals surface area (Å²) in [4.78, 5) is 0. The maximum atomic E-state index is 12.3. The van der Waals surface area contributed by atoms with Crippen molar-refractivity contribution in [1.82, 2.24) is 4.31 Å². The lowest BCUT2D eigenvalue weighted by molar-refractivity contribution is 0.0752. The van der Waals surface area contributed by atoms with Crippen LogP contribution >= 0.6 is 11.3 Å². The summed E-state index contributed by atoms with van der Waals surface area (Å²) in [5.41, 5.74) is 6.06. The van der Waals surface area contributed by atoms with Crippen molar-refractivity contribution >= 4 is 27.0 Å². The summed E-state index contributed by atoms with van der Waals surface area (Å²) in [7, 11) is -3.41.